The van der Waals surface area contributed by atoms with Gasteiger partial charge >= 0.3 is 0 Å². The molecule has 1 amide bonds. The van der Waals surface area contributed by atoms with Gasteiger partial charge in [0.1, 0.15) is 6.07 Å². The molecule has 0 radical (unpaired) electrons. The van der Waals surface area contributed by atoms with Gasteiger partial charge in [0, 0.05) is 4.90 Å². The molecule has 20 heavy (non-hydrogen) atoms. The monoisotopic (exact) mass is 282 g/mol. The third-order valence-corrected chi connectivity index (χ3v) is 3.84. The predicted octanol–water partition coefficient (Wildman–Crippen LogP) is 3.68. The molecule has 0 saturated carbocycles. The maximum absolute atomic E-state index is 12.1. The summed E-state index contributed by atoms with van der Waals surface area (Å²) in [6.45, 7) is 1.85. The quantitative estimate of drug-likeness (QED) is 0.870. The van der Waals surface area contributed by atoms with Gasteiger partial charge in [-0.1, -0.05) is 30.3 Å². The molecule has 1 atom stereocenters. The van der Waals surface area contributed by atoms with Crippen LogP contribution in [0.3, 0.4) is 0 Å². The maximum atomic E-state index is 12.1. The van der Waals surface area contributed by atoms with Crippen LogP contribution in [-0.4, -0.2) is 11.2 Å². The molecule has 0 aliphatic carbocycles. The molecule has 0 bridgehead atoms. The van der Waals surface area contributed by atoms with Crippen molar-refractivity contribution in [2.45, 2.75) is 17.1 Å². The van der Waals surface area contributed by atoms with Crippen LogP contribution in [0, 0.1) is 11.3 Å². The second kappa shape index (κ2) is 6.78. The topological polar surface area (TPSA) is 52.9 Å². The number of anilines is 1. The van der Waals surface area contributed by atoms with Crippen molar-refractivity contribution in [3.05, 3.63) is 60.2 Å². The number of nitriles is 1. The lowest BCUT2D eigenvalue weighted by Gasteiger charge is -2.12. The summed E-state index contributed by atoms with van der Waals surface area (Å²) >= 11 is 1.49. The predicted molar refractivity (Wildman–Crippen MR) is 81.5 cm³/mol. The number of nitrogens with zero attached hydrogens (tertiary/aromatic N) is 1. The van der Waals surface area contributed by atoms with Gasteiger partial charge in [-0.15, -0.1) is 11.8 Å². The van der Waals surface area contributed by atoms with Gasteiger partial charge < -0.3 is 5.32 Å². The number of carbonyl (C=O) groups excluding carboxylic acids is 1. The van der Waals surface area contributed by atoms with E-state index in [2.05, 4.69) is 11.4 Å². The summed E-state index contributed by atoms with van der Waals surface area (Å²) in [5, 5.41) is 11.6. The van der Waals surface area contributed by atoms with E-state index in [1.165, 1.54) is 11.8 Å². The van der Waals surface area contributed by atoms with E-state index in [4.69, 9.17) is 5.26 Å². The third kappa shape index (κ3) is 3.62. The lowest BCUT2D eigenvalue weighted by atomic mass is 10.2. The van der Waals surface area contributed by atoms with E-state index in [0.29, 0.717) is 11.3 Å². The van der Waals surface area contributed by atoms with E-state index >= 15 is 0 Å². The number of hydrogen-bond donors (Lipinski definition) is 1. The van der Waals surface area contributed by atoms with Crippen molar-refractivity contribution in [3.8, 4) is 6.07 Å². The smallest absolute Gasteiger partial charge is 0.237 e. The van der Waals surface area contributed by atoms with Gasteiger partial charge in [0.2, 0.25) is 5.91 Å². The number of nitrogens with one attached hydrogen (secondary N) is 1. The molecule has 0 saturated heterocycles. The molecule has 0 aliphatic heterocycles. The van der Waals surface area contributed by atoms with Crippen LogP contribution in [0.2, 0.25) is 0 Å². The highest BCUT2D eigenvalue weighted by Gasteiger charge is 2.15. The summed E-state index contributed by atoms with van der Waals surface area (Å²) in [5.74, 6) is -0.110. The molecular formula is C16H14N2OS. The zero-order valence-electron chi connectivity index (χ0n) is 11.0. The number of hydrogen-bond acceptors (Lipinski definition) is 3. The summed E-state index contributed by atoms with van der Waals surface area (Å²) in [4.78, 5) is 13.2. The van der Waals surface area contributed by atoms with Crippen LogP contribution in [0.15, 0.2) is 59.5 Å². The van der Waals surface area contributed by atoms with E-state index < -0.39 is 0 Å². The van der Waals surface area contributed by atoms with Crippen LogP contribution in [-0.2, 0) is 4.79 Å². The molecule has 2 aromatic rings. The van der Waals surface area contributed by atoms with Crippen LogP contribution in [0.1, 0.15) is 12.5 Å². The molecule has 1 N–H and O–H groups in total. The molecule has 3 nitrogen and oxygen atoms in total. The zero-order valence-corrected chi connectivity index (χ0v) is 11.9. The van der Waals surface area contributed by atoms with Crippen LogP contribution in [0.5, 0.6) is 0 Å². The SMILES string of the molecule is CC(Sc1ccccc1)C(=O)Nc1ccccc1C#N. The molecule has 0 fully saturated rings. The van der Waals surface area contributed by atoms with E-state index in [1.54, 1.807) is 24.3 Å². The Hall–Kier alpha value is -2.25. The van der Waals surface area contributed by atoms with Crippen LogP contribution in [0.25, 0.3) is 0 Å². The molecule has 1 unspecified atom stereocenters. The summed E-state index contributed by atoms with van der Waals surface area (Å²) in [6, 6.07) is 18.8. The van der Waals surface area contributed by atoms with Gasteiger partial charge in [0.25, 0.3) is 0 Å². The van der Waals surface area contributed by atoms with E-state index in [0.717, 1.165) is 4.90 Å². The Bertz CT molecular complexity index is 634. The summed E-state index contributed by atoms with van der Waals surface area (Å²) in [5.41, 5.74) is 1.03. The Labute approximate surface area is 122 Å². The first-order chi connectivity index (χ1) is 9.70. The lowest BCUT2D eigenvalue weighted by Crippen LogP contribution is -2.22. The van der Waals surface area contributed by atoms with E-state index in [9.17, 15) is 4.79 Å². The summed E-state index contributed by atoms with van der Waals surface area (Å²) in [6.07, 6.45) is 0. The van der Waals surface area contributed by atoms with Gasteiger partial charge in [-0.2, -0.15) is 5.26 Å². The van der Waals surface area contributed by atoms with Gasteiger partial charge in [0.15, 0.2) is 0 Å². The molecule has 0 aromatic heterocycles. The highest BCUT2D eigenvalue weighted by molar-refractivity contribution is 8.00. The normalized spacial score (nSPS) is 11.4. The fourth-order valence-corrected chi connectivity index (χ4v) is 2.57. The first kappa shape index (κ1) is 14.2. The molecule has 0 aliphatic rings. The number of benzene rings is 2. The number of thioether (sulfide) groups is 1. The second-order valence-corrected chi connectivity index (χ2v) is 5.63. The number of para-hydroxylation sites is 1. The Balaban J connectivity index is 2.03. The van der Waals surface area contributed by atoms with Crippen molar-refractivity contribution >= 4 is 23.4 Å². The molecular weight excluding hydrogens is 268 g/mol. The fourth-order valence-electron chi connectivity index (χ4n) is 1.68. The molecule has 0 spiro atoms. The Morgan fingerprint density at radius 1 is 1.15 bits per heavy atom. The minimum absolute atomic E-state index is 0.110. The maximum Gasteiger partial charge on any atom is 0.237 e. The van der Waals surface area contributed by atoms with Crippen molar-refractivity contribution in [1.29, 1.82) is 5.26 Å². The van der Waals surface area contributed by atoms with Gasteiger partial charge in [-0.05, 0) is 31.2 Å². The molecule has 2 aromatic carbocycles. The number of amides is 1. The Morgan fingerprint density at radius 2 is 1.80 bits per heavy atom. The first-order valence-corrected chi connectivity index (χ1v) is 7.10. The van der Waals surface area contributed by atoms with Gasteiger partial charge in [-0.25, -0.2) is 0 Å². The van der Waals surface area contributed by atoms with Crippen molar-refractivity contribution in [3.63, 3.8) is 0 Å². The van der Waals surface area contributed by atoms with Crippen LogP contribution >= 0.6 is 11.8 Å². The molecule has 2 rings (SSSR count). The average molecular weight is 282 g/mol. The molecule has 4 heteroatoms. The minimum Gasteiger partial charge on any atom is -0.324 e. The van der Waals surface area contributed by atoms with Crippen LogP contribution < -0.4 is 5.32 Å². The Morgan fingerprint density at radius 3 is 2.50 bits per heavy atom. The number of rotatable bonds is 4. The minimum atomic E-state index is -0.232. The van der Waals surface area contributed by atoms with Crippen molar-refractivity contribution in [1.82, 2.24) is 0 Å². The number of carbonyl (C=O) groups is 1. The van der Waals surface area contributed by atoms with Gasteiger partial charge in [-0.3, -0.25) is 4.79 Å². The summed E-state index contributed by atoms with van der Waals surface area (Å²) in [7, 11) is 0. The van der Waals surface area contributed by atoms with E-state index in [1.807, 2.05) is 37.3 Å². The standard InChI is InChI=1S/C16H14N2OS/c1-12(20-14-8-3-2-4-9-14)16(19)18-15-10-6-5-7-13(15)11-17/h2-10,12H,1H3,(H,18,19). The average Bonchev–Trinajstić information content (AvgIpc) is 2.48. The van der Waals surface area contributed by atoms with Crippen LogP contribution in [0.4, 0.5) is 5.69 Å². The second-order valence-electron chi connectivity index (χ2n) is 4.22. The Kier molecular flexibility index (Phi) is 4.80. The summed E-state index contributed by atoms with van der Waals surface area (Å²) < 4.78 is 0. The lowest BCUT2D eigenvalue weighted by molar-refractivity contribution is -0.115. The van der Waals surface area contributed by atoms with Crippen molar-refractivity contribution in [2.24, 2.45) is 0 Å². The third-order valence-electron chi connectivity index (χ3n) is 2.73. The molecule has 0 heterocycles. The van der Waals surface area contributed by atoms with Gasteiger partial charge in [0.05, 0.1) is 16.5 Å². The van der Waals surface area contributed by atoms with Crippen molar-refractivity contribution in [2.75, 3.05) is 5.32 Å². The highest BCUT2D eigenvalue weighted by atomic mass is 32.2. The fraction of sp³-hybridized carbons (Fsp3) is 0.125. The molecule has 100 valence electrons. The highest BCUT2D eigenvalue weighted by Crippen LogP contribution is 2.24. The van der Waals surface area contributed by atoms with E-state index in [-0.39, 0.29) is 11.2 Å². The van der Waals surface area contributed by atoms with Crippen molar-refractivity contribution < 1.29 is 4.79 Å². The first-order valence-electron chi connectivity index (χ1n) is 6.22. The largest absolute Gasteiger partial charge is 0.324 e. The zero-order chi connectivity index (χ0) is 14.4.